The maximum Gasteiger partial charge on any atom is 0.198 e. The second-order valence-electron chi connectivity index (χ2n) is 4.72. The molecule has 0 aliphatic carbocycles. The van der Waals surface area contributed by atoms with Gasteiger partial charge in [0.05, 0.1) is 11.7 Å². The molecule has 0 saturated carbocycles. The van der Waals surface area contributed by atoms with Crippen LogP contribution in [0.2, 0.25) is 0 Å². The molecule has 0 radical (unpaired) electrons. The van der Waals surface area contributed by atoms with Gasteiger partial charge in [-0.2, -0.15) is 0 Å². The highest BCUT2D eigenvalue weighted by atomic mass is 79.9. The first-order valence-corrected chi connectivity index (χ1v) is 7.13. The van der Waals surface area contributed by atoms with Crippen LogP contribution in [0, 0.1) is 0 Å². The molecule has 0 aliphatic rings. The Morgan fingerprint density at radius 3 is 2.55 bits per heavy atom. The van der Waals surface area contributed by atoms with Gasteiger partial charge >= 0.3 is 0 Å². The molecule has 2 N–H and O–H groups in total. The van der Waals surface area contributed by atoms with Crippen LogP contribution >= 0.6 is 15.9 Å². The zero-order chi connectivity index (χ0) is 14.7. The standard InChI is InChI=1S/C16H16BrNO2/c1-10(2)20-15-6-4-3-5-12(15)16(19)13-9-11(17)7-8-14(13)18/h3-10H,18H2,1-2H3. The van der Waals surface area contributed by atoms with Crippen molar-refractivity contribution in [2.45, 2.75) is 20.0 Å². The molecule has 104 valence electrons. The van der Waals surface area contributed by atoms with Crippen LogP contribution < -0.4 is 10.5 Å². The highest BCUT2D eigenvalue weighted by Crippen LogP contribution is 2.26. The van der Waals surface area contributed by atoms with E-state index in [-0.39, 0.29) is 11.9 Å². The second-order valence-corrected chi connectivity index (χ2v) is 5.64. The Kier molecular flexibility index (Phi) is 4.45. The van der Waals surface area contributed by atoms with Gasteiger partial charge in [0.1, 0.15) is 5.75 Å². The van der Waals surface area contributed by atoms with Crippen LogP contribution in [0.3, 0.4) is 0 Å². The quantitative estimate of drug-likeness (QED) is 0.678. The van der Waals surface area contributed by atoms with Crippen LogP contribution in [0.15, 0.2) is 46.9 Å². The molecule has 0 aliphatic heterocycles. The average molecular weight is 334 g/mol. The van der Waals surface area contributed by atoms with Gasteiger partial charge in [0.2, 0.25) is 0 Å². The number of hydrogen-bond acceptors (Lipinski definition) is 3. The van der Waals surface area contributed by atoms with Crippen LogP contribution in [-0.2, 0) is 0 Å². The molecule has 20 heavy (non-hydrogen) atoms. The van der Waals surface area contributed by atoms with E-state index in [1.807, 2.05) is 32.0 Å². The van der Waals surface area contributed by atoms with Gasteiger partial charge in [-0.05, 0) is 44.2 Å². The van der Waals surface area contributed by atoms with Crippen molar-refractivity contribution in [1.29, 1.82) is 0 Å². The highest BCUT2D eigenvalue weighted by Gasteiger charge is 2.17. The number of ketones is 1. The fourth-order valence-electron chi connectivity index (χ4n) is 1.88. The summed E-state index contributed by atoms with van der Waals surface area (Å²) in [6.07, 6.45) is 0.00352. The van der Waals surface area contributed by atoms with Crippen molar-refractivity contribution in [3.8, 4) is 5.75 Å². The van der Waals surface area contributed by atoms with Crippen LogP contribution in [-0.4, -0.2) is 11.9 Å². The number of nitrogens with two attached hydrogens (primary N) is 1. The lowest BCUT2D eigenvalue weighted by atomic mass is 10.0. The first-order chi connectivity index (χ1) is 9.49. The lowest BCUT2D eigenvalue weighted by molar-refractivity contribution is 0.103. The Balaban J connectivity index is 2.45. The van der Waals surface area contributed by atoms with Crippen molar-refractivity contribution in [2.75, 3.05) is 5.73 Å². The summed E-state index contributed by atoms with van der Waals surface area (Å²) in [7, 11) is 0. The maximum absolute atomic E-state index is 12.6. The van der Waals surface area contributed by atoms with E-state index in [0.29, 0.717) is 22.6 Å². The molecule has 0 spiro atoms. The van der Waals surface area contributed by atoms with Gasteiger partial charge in [0.15, 0.2) is 5.78 Å². The lowest BCUT2D eigenvalue weighted by Gasteiger charge is -2.14. The Morgan fingerprint density at radius 2 is 1.85 bits per heavy atom. The Labute approximate surface area is 126 Å². The summed E-state index contributed by atoms with van der Waals surface area (Å²) in [5.74, 6) is 0.437. The van der Waals surface area contributed by atoms with E-state index in [1.165, 1.54) is 0 Å². The van der Waals surface area contributed by atoms with E-state index in [2.05, 4.69) is 15.9 Å². The first kappa shape index (κ1) is 14.6. The molecule has 4 heteroatoms. The number of carbonyl (C=O) groups is 1. The molecule has 0 saturated heterocycles. The Bertz CT molecular complexity index is 638. The van der Waals surface area contributed by atoms with E-state index in [1.54, 1.807) is 24.3 Å². The van der Waals surface area contributed by atoms with E-state index >= 15 is 0 Å². The number of benzene rings is 2. The smallest absolute Gasteiger partial charge is 0.198 e. The van der Waals surface area contributed by atoms with Gasteiger partial charge in [-0.3, -0.25) is 4.79 Å². The van der Waals surface area contributed by atoms with Gasteiger partial charge in [0, 0.05) is 15.7 Å². The third-order valence-corrected chi connectivity index (χ3v) is 3.25. The number of para-hydroxylation sites is 1. The molecule has 2 rings (SSSR count). The number of nitrogen functional groups attached to an aromatic ring is 1. The van der Waals surface area contributed by atoms with E-state index in [9.17, 15) is 4.79 Å². The largest absolute Gasteiger partial charge is 0.490 e. The van der Waals surface area contributed by atoms with Gasteiger partial charge in [-0.25, -0.2) is 0 Å². The normalized spacial score (nSPS) is 10.6. The number of carbonyl (C=O) groups excluding carboxylic acids is 1. The molecule has 0 unspecified atom stereocenters. The Morgan fingerprint density at radius 1 is 1.15 bits per heavy atom. The molecule has 0 amide bonds. The number of rotatable bonds is 4. The topological polar surface area (TPSA) is 52.3 Å². The average Bonchev–Trinajstić information content (AvgIpc) is 2.41. The van der Waals surface area contributed by atoms with Crippen molar-refractivity contribution in [1.82, 2.24) is 0 Å². The van der Waals surface area contributed by atoms with Gasteiger partial charge in [-0.1, -0.05) is 28.1 Å². The molecule has 0 aromatic heterocycles. The number of ether oxygens (including phenoxy) is 1. The minimum absolute atomic E-state index is 0.00352. The third-order valence-electron chi connectivity index (χ3n) is 2.75. The van der Waals surface area contributed by atoms with Crippen molar-refractivity contribution in [3.63, 3.8) is 0 Å². The molecule has 0 bridgehead atoms. The molecule has 0 atom stereocenters. The fourth-order valence-corrected chi connectivity index (χ4v) is 2.24. The number of hydrogen-bond donors (Lipinski definition) is 1. The van der Waals surface area contributed by atoms with Crippen LogP contribution in [0.1, 0.15) is 29.8 Å². The second kappa shape index (κ2) is 6.09. The lowest BCUT2D eigenvalue weighted by Crippen LogP contribution is -2.11. The zero-order valence-electron chi connectivity index (χ0n) is 11.4. The van der Waals surface area contributed by atoms with Crippen molar-refractivity contribution in [2.24, 2.45) is 0 Å². The minimum Gasteiger partial charge on any atom is -0.490 e. The minimum atomic E-state index is -0.139. The van der Waals surface area contributed by atoms with Crippen molar-refractivity contribution < 1.29 is 9.53 Å². The molecule has 2 aromatic rings. The molecular weight excluding hydrogens is 318 g/mol. The Hall–Kier alpha value is -1.81. The molecule has 2 aromatic carbocycles. The van der Waals surface area contributed by atoms with E-state index in [0.717, 1.165) is 4.47 Å². The maximum atomic E-state index is 12.6. The predicted octanol–water partition coefficient (Wildman–Crippen LogP) is 4.05. The summed E-state index contributed by atoms with van der Waals surface area (Å²) in [6.45, 7) is 3.85. The van der Waals surface area contributed by atoms with Gasteiger partial charge in [-0.15, -0.1) is 0 Å². The molecule has 0 fully saturated rings. The summed E-state index contributed by atoms with van der Waals surface area (Å²) in [4.78, 5) is 12.6. The summed E-state index contributed by atoms with van der Waals surface area (Å²) in [5.41, 5.74) is 7.34. The van der Waals surface area contributed by atoms with Crippen LogP contribution in [0.4, 0.5) is 5.69 Å². The summed E-state index contributed by atoms with van der Waals surface area (Å²) < 4.78 is 6.50. The highest BCUT2D eigenvalue weighted by molar-refractivity contribution is 9.10. The van der Waals surface area contributed by atoms with Crippen molar-refractivity contribution in [3.05, 3.63) is 58.1 Å². The van der Waals surface area contributed by atoms with E-state index in [4.69, 9.17) is 10.5 Å². The summed E-state index contributed by atoms with van der Waals surface area (Å²) in [6, 6.07) is 12.4. The molecule has 3 nitrogen and oxygen atoms in total. The SMILES string of the molecule is CC(C)Oc1ccccc1C(=O)c1cc(Br)ccc1N. The summed E-state index contributed by atoms with van der Waals surface area (Å²) in [5, 5.41) is 0. The summed E-state index contributed by atoms with van der Waals surface area (Å²) >= 11 is 3.36. The first-order valence-electron chi connectivity index (χ1n) is 6.34. The van der Waals surface area contributed by atoms with Gasteiger partial charge in [0.25, 0.3) is 0 Å². The number of anilines is 1. The van der Waals surface area contributed by atoms with Gasteiger partial charge < -0.3 is 10.5 Å². The van der Waals surface area contributed by atoms with Crippen LogP contribution in [0.25, 0.3) is 0 Å². The van der Waals surface area contributed by atoms with E-state index < -0.39 is 0 Å². The monoisotopic (exact) mass is 333 g/mol. The zero-order valence-corrected chi connectivity index (χ0v) is 13.0. The van der Waals surface area contributed by atoms with Crippen molar-refractivity contribution >= 4 is 27.4 Å². The predicted molar refractivity (Wildman–Crippen MR) is 84.2 cm³/mol. The fraction of sp³-hybridized carbons (Fsp3) is 0.188. The third kappa shape index (κ3) is 3.20. The number of halogens is 1. The molecule has 0 heterocycles. The molecular formula is C16H16BrNO2. The van der Waals surface area contributed by atoms with Crippen LogP contribution in [0.5, 0.6) is 5.75 Å².